The number of anilines is 2. The number of amides is 3. The number of nitrogens with one attached hydrogen (secondary N) is 1. The first-order chi connectivity index (χ1) is 19.9. The number of rotatable bonds is 7. The number of piperazine rings is 1. The number of methoxy groups -OCH3 is 1. The maximum atomic E-state index is 13.4. The molecule has 0 atom stereocenters. The molecule has 2 aromatic heterocycles. The second-order valence-electron chi connectivity index (χ2n) is 11.3. The number of nitriles is 1. The van der Waals surface area contributed by atoms with Crippen LogP contribution < -0.4 is 10.2 Å². The summed E-state index contributed by atoms with van der Waals surface area (Å²) in [6.07, 6.45) is 8.82. The van der Waals surface area contributed by atoms with Crippen LogP contribution in [-0.4, -0.2) is 84.4 Å². The molecule has 1 N–H and O–H groups in total. The Labute approximate surface area is 240 Å². The van der Waals surface area contributed by atoms with Crippen molar-refractivity contribution in [3.05, 3.63) is 46.3 Å². The largest absolute Gasteiger partial charge is 0.381 e. The van der Waals surface area contributed by atoms with E-state index in [0.717, 1.165) is 62.6 Å². The number of pyridine rings is 2. The third-order valence-electron chi connectivity index (χ3n) is 8.48. The van der Waals surface area contributed by atoms with E-state index in [4.69, 9.17) is 4.74 Å². The van der Waals surface area contributed by atoms with Gasteiger partial charge in [0.15, 0.2) is 6.29 Å². The van der Waals surface area contributed by atoms with Crippen LogP contribution in [0.2, 0.25) is 0 Å². The van der Waals surface area contributed by atoms with Crippen molar-refractivity contribution in [2.24, 2.45) is 5.92 Å². The monoisotopic (exact) mass is 559 g/mol. The lowest BCUT2D eigenvalue weighted by Crippen LogP contribution is -2.48. The molecule has 0 radical (unpaired) electrons. The Balaban J connectivity index is 1.31. The highest BCUT2D eigenvalue weighted by atomic mass is 16.5. The lowest BCUT2D eigenvalue weighted by Gasteiger charge is -2.33. The summed E-state index contributed by atoms with van der Waals surface area (Å²) >= 11 is 0. The second-order valence-corrected chi connectivity index (χ2v) is 11.3. The van der Waals surface area contributed by atoms with Gasteiger partial charge < -0.3 is 9.64 Å². The summed E-state index contributed by atoms with van der Waals surface area (Å²) in [6.45, 7) is 2.48. The van der Waals surface area contributed by atoms with E-state index in [1.807, 2.05) is 18.0 Å². The van der Waals surface area contributed by atoms with Gasteiger partial charge in [0.2, 0.25) is 5.91 Å². The molecule has 3 aliphatic rings. The Morgan fingerprint density at radius 3 is 2.71 bits per heavy atom. The Morgan fingerprint density at radius 2 is 2.00 bits per heavy atom. The minimum atomic E-state index is -0.388. The molecule has 0 bridgehead atoms. The number of ether oxygens (including phenoxy) is 1. The van der Waals surface area contributed by atoms with Crippen LogP contribution in [0.3, 0.4) is 0 Å². The Bertz CT molecular complexity index is 1350. The SMILES string of the molecule is COC1CCC(Cc2cc(NC(=O)N3CCCc4cc(CN5CCN(C)CC5=O)c(C=O)nc43)ncc2C#N)CC1. The number of urea groups is 1. The van der Waals surface area contributed by atoms with Gasteiger partial charge >= 0.3 is 6.03 Å². The predicted octanol–water partition coefficient (Wildman–Crippen LogP) is 3.17. The quantitative estimate of drug-likeness (QED) is 0.512. The molecule has 216 valence electrons. The van der Waals surface area contributed by atoms with Crippen molar-refractivity contribution in [2.75, 3.05) is 50.6 Å². The molecule has 1 saturated carbocycles. The Morgan fingerprint density at radius 1 is 1.20 bits per heavy atom. The van der Waals surface area contributed by atoms with Crippen LogP contribution in [0.25, 0.3) is 0 Å². The Kier molecular flexibility index (Phi) is 8.90. The predicted molar refractivity (Wildman–Crippen MR) is 153 cm³/mol. The Hall–Kier alpha value is -3.88. The summed E-state index contributed by atoms with van der Waals surface area (Å²) in [4.78, 5) is 52.1. The minimum absolute atomic E-state index is 0.0197. The molecule has 1 aliphatic carbocycles. The second kappa shape index (κ2) is 12.7. The van der Waals surface area contributed by atoms with Crippen molar-refractivity contribution in [1.82, 2.24) is 19.8 Å². The van der Waals surface area contributed by atoms with Crippen molar-refractivity contribution in [3.63, 3.8) is 0 Å². The maximum absolute atomic E-state index is 13.4. The number of hydrogen-bond acceptors (Lipinski definition) is 8. The van der Waals surface area contributed by atoms with E-state index in [-0.39, 0.29) is 17.6 Å². The molecule has 2 aliphatic heterocycles. The summed E-state index contributed by atoms with van der Waals surface area (Å²) < 4.78 is 5.49. The highest BCUT2D eigenvalue weighted by Crippen LogP contribution is 2.31. The van der Waals surface area contributed by atoms with Gasteiger partial charge in [-0.1, -0.05) is 0 Å². The van der Waals surface area contributed by atoms with E-state index >= 15 is 0 Å². The first-order valence-electron chi connectivity index (χ1n) is 14.3. The van der Waals surface area contributed by atoms with E-state index in [2.05, 4.69) is 21.4 Å². The number of carbonyl (C=O) groups excluding carboxylic acids is 3. The fourth-order valence-electron chi connectivity index (χ4n) is 6.08. The van der Waals surface area contributed by atoms with Gasteiger partial charge in [0.05, 0.1) is 18.2 Å². The molecule has 3 amide bonds. The van der Waals surface area contributed by atoms with E-state index in [9.17, 15) is 19.6 Å². The zero-order chi connectivity index (χ0) is 28.9. The summed E-state index contributed by atoms with van der Waals surface area (Å²) in [5.74, 6) is 1.30. The average molecular weight is 560 g/mol. The van der Waals surface area contributed by atoms with Crippen LogP contribution >= 0.6 is 0 Å². The van der Waals surface area contributed by atoms with Crippen LogP contribution in [0.5, 0.6) is 0 Å². The molecule has 0 spiro atoms. The summed E-state index contributed by atoms with van der Waals surface area (Å²) in [6, 6.07) is 5.55. The van der Waals surface area contributed by atoms with Gasteiger partial charge in [-0.05, 0) is 81.2 Å². The fourth-order valence-corrected chi connectivity index (χ4v) is 6.08. The first-order valence-corrected chi connectivity index (χ1v) is 14.3. The maximum Gasteiger partial charge on any atom is 0.328 e. The van der Waals surface area contributed by atoms with Crippen LogP contribution in [0.1, 0.15) is 64.8 Å². The standard InChI is InChI=1S/C30H37N7O4/c1-35-10-11-36(28(39)18-35)17-23-13-21-4-3-9-37(29(21)33-26(23)19-38)30(40)34-27-14-22(24(15-31)16-32-27)12-20-5-7-25(41-2)8-6-20/h13-14,16,19-20,25H,3-12,17-18H2,1-2H3,(H,32,34,40). The fraction of sp³-hybridized carbons (Fsp3) is 0.533. The van der Waals surface area contributed by atoms with Gasteiger partial charge in [0, 0.05) is 45.0 Å². The summed E-state index contributed by atoms with van der Waals surface area (Å²) in [7, 11) is 3.66. The zero-order valence-corrected chi connectivity index (χ0v) is 23.8. The molecule has 41 heavy (non-hydrogen) atoms. The number of hydrogen-bond donors (Lipinski definition) is 1. The molecular formula is C30H37N7O4. The van der Waals surface area contributed by atoms with Gasteiger partial charge in [0.1, 0.15) is 23.4 Å². The molecule has 2 fully saturated rings. The molecule has 2 aromatic rings. The molecule has 4 heterocycles. The van der Waals surface area contributed by atoms with Crippen LogP contribution in [-0.2, 0) is 28.9 Å². The van der Waals surface area contributed by atoms with Crippen LogP contribution in [0.15, 0.2) is 18.3 Å². The third-order valence-corrected chi connectivity index (χ3v) is 8.48. The molecule has 11 nitrogen and oxygen atoms in total. The van der Waals surface area contributed by atoms with E-state index in [0.29, 0.717) is 67.2 Å². The number of aromatic nitrogens is 2. The highest BCUT2D eigenvalue weighted by molar-refractivity contribution is 6.01. The molecule has 5 rings (SSSR count). The van der Waals surface area contributed by atoms with Crippen LogP contribution in [0.4, 0.5) is 16.4 Å². The number of carbonyl (C=O) groups is 3. The molecular weight excluding hydrogens is 522 g/mol. The van der Waals surface area contributed by atoms with Gasteiger partial charge in [0.25, 0.3) is 0 Å². The smallest absolute Gasteiger partial charge is 0.328 e. The van der Waals surface area contributed by atoms with E-state index in [1.54, 1.807) is 23.0 Å². The van der Waals surface area contributed by atoms with E-state index in [1.165, 1.54) is 6.20 Å². The lowest BCUT2D eigenvalue weighted by molar-refractivity contribution is -0.136. The summed E-state index contributed by atoms with van der Waals surface area (Å²) in [5, 5.41) is 12.5. The van der Waals surface area contributed by atoms with Gasteiger partial charge in [-0.2, -0.15) is 5.26 Å². The van der Waals surface area contributed by atoms with Crippen molar-refractivity contribution in [1.29, 1.82) is 5.26 Å². The average Bonchev–Trinajstić information content (AvgIpc) is 2.98. The normalized spacial score (nSPS) is 21.2. The number of aryl methyl sites for hydroxylation is 1. The van der Waals surface area contributed by atoms with Crippen molar-refractivity contribution >= 4 is 29.9 Å². The van der Waals surface area contributed by atoms with Gasteiger partial charge in [-0.25, -0.2) is 14.8 Å². The topological polar surface area (TPSA) is 132 Å². The minimum Gasteiger partial charge on any atom is -0.381 e. The third kappa shape index (κ3) is 6.55. The van der Waals surface area contributed by atoms with Crippen molar-refractivity contribution in [2.45, 2.75) is 57.6 Å². The molecule has 11 heteroatoms. The van der Waals surface area contributed by atoms with Crippen LogP contribution in [0, 0.1) is 17.2 Å². The highest BCUT2D eigenvalue weighted by Gasteiger charge is 2.29. The number of fused-ring (bicyclic) bond motifs is 1. The number of nitrogens with zero attached hydrogens (tertiary/aromatic N) is 6. The molecule has 0 unspecified atom stereocenters. The lowest BCUT2D eigenvalue weighted by atomic mass is 9.83. The van der Waals surface area contributed by atoms with E-state index < -0.39 is 0 Å². The molecule has 0 aromatic carbocycles. The number of likely N-dealkylation sites (N-methyl/N-ethyl adjacent to an activating group) is 1. The first kappa shape index (κ1) is 28.6. The van der Waals surface area contributed by atoms with Gasteiger partial charge in [-0.3, -0.25) is 24.7 Å². The molecule has 1 saturated heterocycles. The van der Waals surface area contributed by atoms with Crippen molar-refractivity contribution in [3.8, 4) is 6.07 Å². The number of aldehydes is 1. The van der Waals surface area contributed by atoms with Crippen molar-refractivity contribution < 1.29 is 19.1 Å². The zero-order valence-electron chi connectivity index (χ0n) is 23.8. The summed E-state index contributed by atoms with van der Waals surface area (Å²) in [5.41, 5.74) is 3.19. The van der Waals surface area contributed by atoms with Gasteiger partial charge in [-0.15, -0.1) is 0 Å².